The predicted molar refractivity (Wildman–Crippen MR) is 131 cm³/mol. The van der Waals surface area contributed by atoms with Gasteiger partial charge in [-0.3, -0.25) is 9.59 Å². The van der Waals surface area contributed by atoms with Crippen LogP contribution in [0.25, 0.3) is 11.4 Å². The van der Waals surface area contributed by atoms with Crippen molar-refractivity contribution >= 4 is 28.0 Å². The lowest BCUT2D eigenvalue weighted by Crippen LogP contribution is -2.48. The SMILES string of the molecule is CC(C)(C)OC(=O)N1CCC(c2nc(-c3ccc(C(=O)NC[C@H](NS(C)(=O)=O)C(=O)O)cc3)no2)CC1. The standard InChI is InChI=1S/C23H31N5O8S/c1-23(2,3)35-22(32)28-11-9-16(10-12-28)20-25-18(26-36-20)14-5-7-15(8-6-14)19(29)24-13-17(21(30)31)27-37(4,33)34/h5-8,16-17,27H,9-13H2,1-4H3,(H,24,29)(H,30,31)/t17-/m0/s1. The highest BCUT2D eigenvalue weighted by Gasteiger charge is 2.30. The first-order valence-electron chi connectivity index (χ1n) is 11.6. The number of aromatic nitrogens is 2. The van der Waals surface area contributed by atoms with Gasteiger partial charge in [-0.2, -0.15) is 9.71 Å². The molecule has 1 atom stereocenters. The van der Waals surface area contributed by atoms with E-state index in [0.29, 0.717) is 43.2 Å². The molecule has 0 radical (unpaired) electrons. The maximum absolute atomic E-state index is 12.4. The Hall–Kier alpha value is -3.52. The summed E-state index contributed by atoms with van der Waals surface area (Å²) in [7, 11) is -3.76. The average molecular weight is 538 g/mol. The summed E-state index contributed by atoms with van der Waals surface area (Å²) in [6, 6.07) is 4.78. The highest BCUT2D eigenvalue weighted by Crippen LogP contribution is 2.29. The maximum atomic E-state index is 12.4. The van der Waals surface area contributed by atoms with E-state index in [9.17, 15) is 22.8 Å². The maximum Gasteiger partial charge on any atom is 0.410 e. The van der Waals surface area contributed by atoms with Crippen molar-refractivity contribution in [3.63, 3.8) is 0 Å². The number of amides is 2. The molecule has 1 aliphatic rings. The van der Waals surface area contributed by atoms with E-state index in [1.807, 2.05) is 25.5 Å². The molecule has 1 saturated heterocycles. The van der Waals surface area contributed by atoms with Crippen LogP contribution >= 0.6 is 0 Å². The van der Waals surface area contributed by atoms with Crippen molar-refractivity contribution in [3.05, 3.63) is 35.7 Å². The van der Waals surface area contributed by atoms with Crippen molar-refractivity contribution in [2.75, 3.05) is 25.9 Å². The number of carboxylic acid groups (broad SMARTS) is 1. The normalized spacial score (nSPS) is 15.7. The van der Waals surface area contributed by atoms with Gasteiger partial charge in [-0.25, -0.2) is 13.2 Å². The van der Waals surface area contributed by atoms with Gasteiger partial charge in [0.25, 0.3) is 5.91 Å². The van der Waals surface area contributed by atoms with Gasteiger partial charge in [-0.05, 0) is 45.7 Å². The monoisotopic (exact) mass is 537 g/mol. The Kier molecular flexibility index (Phi) is 8.53. The zero-order valence-electron chi connectivity index (χ0n) is 21.1. The van der Waals surface area contributed by atoms with E-state index < -0.39 is 40.1 Å². The number of carbonyl (C=O) groups is 3. The number of aliphatic carboxylic acids is 1. The van der Waals surface area contributed by atoms with Gasteiger partial charge in [0.2, 0.25) is 21.7 Å². The van der Waals surface area contributed by atoms with Gasteiger partial charge in [-0.1, -0.05) is 17.3 Å². The Morgan fingerprint density at radius 2 is 1.81 bits per heavy atom. The van der Waals surface area contributed by atoms with Gasteiger partial charge in [0, 0.05) is 36.7 Å². The van der Waals surface area contributed by atoms with Crippen LogP contribution in [0.1, 0.15) is 55.8 Å². The number of hydrogen-bond acceptors (Lipinski definition) is 9. The fourth-order valence-corrected chi connectivity index (χ4v) is 4.36. The van der Waals surface area contributed by atoms with Crippen LogP contribution in [0, 0.1) is 0 Å². The Morgan fingerprint density at radius 3 is 2.35 bits per heavy atom. The summed E-state index contributed by atoms with van der Waals surface area (Å²) in [4.78, 5) is 42.0. The average Bonchev–Trinajstić information content (AvgIpc) is 3.30. The second kappa shape index (κ2) is 11.3. The van der Waals surface area contributed by atoms with Gasteiger partial charge in [-0.15, -0.1) is 0 Å². The molecule has 202 valence electrons. The zero-order valence-corrected chi connectivity index (χ0v) is 21.9. The van der Waals surface area contributed by atoms with E-state index in [1.165, 1.54) is 12.1 Å². The molecular formula is C23H31N5O8S. The van der Waals surface area contributed by atoms with Gasteiger partial charge in [0.05, 0.1) is 6.26 Å². The van der Waals surface area contributed by atoms with Crippen molar-refractivity contribution in [1.29, 1.82) is 0 Å². The number of carbonyl (C=O) groups excluding carboxylic acids is 2. The summed E-state index contributed by atoms with van der Waals surface area (Å²) in [5, 5.41) is 15.6. The molecule has 2 amide bonds. The van der Waals surface area contributed by atoms with Crippen LogP contribution in [-0.2, 0) is 19.6 Å². The number of nitrogens with zero attached hydrogens (tertiary/aromatic N) is 3. The van der Waals surface area contributed by atoms with Gasteiger partial charge in [0.1, 0.15) is 11.6 Å². The molecule has 0 bridgehead atoms. The molecule has 1 fully saturated rings. The first-order chi connectivity index (χ1) is 17.2. The third-order valence-corrected chi connectivity index (χ3v) is 6.18. The Bertz CT molecular complexity index is 1230. The molecule has 1 aromatic heterocycles. The molecule has 0 saturated carbocycles. The number of rotatable bonds is 8. The lowest BCUT2D eigenvalue weighted by atomic mass is 9.97. The number of benzene rings is 1. The molecule has 2 heterocycles. The van der Waals surface area contributed by atoms with Crippen molar-refractivity contribution in [2.45, 2.75) is 51.2 Å². The molecule has 13 nitrogen and oxygen atoms in total. The van der Waals surface area contributed by atoms with Crippen molar-refractivity contribution in [2.24, 2.45) is 0 Å². The second-order valence-electron chi connectivity index (χ2n) is 9.77. The number of piperidine rings is 1. The minimum atomic E-state index is -3.76. The molecule has 2 aromatic rings. The predicted octanol–water partition coefficient (Wildman–Crippen LogP) is 1.58. The minimum absolute atomic E-state index is 0.00714. The van der Waals surface area contributed by atoms with E-state index in [1.54, 1.807) is 17.0 Å². The second-order valence-corrected chi connectivity index (χ2v) is 11.5. The molecule has 37 heavy (non-hydrogen) atoms. The van der Waals surface area contributed by atoms with Crippen LogP contribution in [0.5, 0.6) is 0 Å². The highest BCUT2D eigenvalue weighted by atomic mass is 32.2. The number of nitrogens with one attached hydrogen (secondary N) is 2. The smallest absolute Gasteiger partial charge is 0.410 e. The van der Waals surface area contributed by atoms with Crippen LogP contribution in [0.4, 0.5) is 4.79 Å². The third-order valence-electron chi connectivity index (χ3n) is 5.46. The van der Waals surface area contributed by atoms with Crippen LogP contribution in [0.3, 0.4) is 0 Å². The zero-order chi connectivity index (χ0) is 27.4. The molecule has 1 aliphatic heterocycles. The Labute approximate surface area is 214 Å². The number of sulfonamides is 1. The van der Waals surface area contributed by atoms with Crippen LogP contribution in [-0.4, -0.2) is 84.1 Å². The van der Waals surface area contributed by atoms with E-state index in [-0.39, 0.29) is 17.6 Å². The summed E-state index contributed by atoms with van der Waals surface area (Å²) in [5.74, 6) is -1.16. The quantitative estimate of drug-likeness (QED) is 0.447. The summed E-state index contributed by atoms with van der Waals surface area (Å²) in [5.41, 5.74) is 0.299. The summed E-state index contributed by atoms with van der Waals surface area (Å²) >= 11 is 0. The molecular weight excluding hydrogens is 506 g/mol. The summed E-state index contributed by atoms with van der Waals surface area (Å²) in [6.45, 7) is 6.08. The van der Waals surface area contributed by atoms with Crippen molar-refractivity contribution in [3.8, 4) is 11.4 Å². The van der Waals surface area contributed by atoms with E-state index in [4.69, 9.17) is 14.4 Å². The highest BCUT2D eigenvalue weighted by molar-refractivity contribution is 7.88. The first kappa shape index (κ1) is 28.1. The molecule has 1 aromatic carbocycles. The van der Waals surface area contributed by atoms with Crippen molar-refractivity contribution < 1.29 is 37.2 Å². The summed E-state index contributed by atoms with van der Waals surface area (Å²) < 4.78 is 35.4. The molecule has 0 aliphatic carbocycles. The fraction of sp³-hybridized carbons (Fsp3) is 0.522. The number of ether oxygens (including phenoxy) is 1. The van der Waals surface area contributed by atoms with Gasteiger partial charge in [0.15, 0.2) is 0 Å². The molecule has 3 N–H and O–H groups in total. The fourth-order valence-electron chi connectivity index (χ4n) is 3.66. The van der Waals surface area contributed by atoms with Crippen LogP contribution in [0.15, 0.2) is 28.8 Å². The van der Waals surface area contributed by atoms with E-state index >= 15 is 0 Å². The minimum Gasteiger partial charge on any atom is -0.480 e. The Balaban J connectivity index is 1.56. The molecule has 14 heteroatoms. The van der Waals surface area contributed by atoms with Crippen molar-refractivity contribution in [1.82, 2.24) is 25.1 Å². The number of hydrogen-bond donors (Lipinski definition) is 3. The first-order valence-corrected chi connectivity index (χ1v) is 13.5. The molecule has 0 unspecified atom stereocenters. The van der Waals surface area contributed by atoms with Crippen LogP contribution < -0.4 is 10.0 Å². The molecule has 3 rings (SSSR count). The van der Waals surface area contributed by atoms with Gasteiger partial charge >= 0.3 is 12.1 Å². The number of likely N-dealkylation sites (tertiary alicyclic amines) is 1. The number of carboxylic acids is 1. The van der Waals surface area contributed by atoms with E-state index in [2.05, 4.69) is 15.5 Å². The van der Waals surface area contributed by atoms with Crippen LogP contribution in [0.2, 0.25) is 0 Å². The lowest BCUT2D eigenvalue weighted by molar-refractivity contribution is -0.138. The topological polar surface area (TPSA) is 181 Å². The largest absolute Gasteiger partial charge is 0.480 e. The van der Waals surface area contributed by atoms with E-state index in [0.717, 1.165) is 6.26 Å². The van der Waals surface area contributed by atoms with Gasteiger partial charge < -0.3 is 24.6 Å². The lowest BCUT2D eigenvalue weighted by Gasteiger charge is -2.32. The Morgan fingerprint density at radius 1 is 1.19 bits per heavy atom. The summed E-state index contributed by atoms with van der Waals surface area (Å²) in [6.07, 6.45) is 1.81. The molecule has 0 spiro atoms. The third kappa shape index (κ3) is 8.25.